The van der Waals surface area contributed by atoms with Gasteiger partial charge in [0, 0.05) is 22.7 Å². The van der Waals surface area contributed by atoms with Gasteiger partial charge in [0.2, 0.25) is 5.91 Å². The number of ether oxygens (including phenoxy) is 1. The number of amides is 1. The van der Waals surface area contributed by atoms with Crippen LogP contribution in [0.3, 0.4) is 0 Å². The Balaban J connectivity index is 2.17. The van der Waals surface area contributed by atoms with Gasteiger partial charge in [0.15, 0.2) is 17.4 Å². The average molecular weight is 428 g/mol. The number of hydrogen-bond acceptors (Lipinski definition) is 4. The number of fused-ring (bicyclic) bond motifs is 1. The molecular formula is C19H13F5N2O4. The number of alkyl halides is 3. The summed E-state index contributed by atoms with van der Waals surface area (Å²) in [5.74, 6) is -6.26. The fraction of sp³-hybridized carbons (Fsp3) is 0.158. The molecule has 0 aliphatic heterocycles. The summed E-state index contributed by atoms with van der Waals surface area (Å²) in [6.07, 6.45) is -5.41. The van der Waals surface area contributed by atoms with E-state index in [9.17, 15) is 36.6 Å². The number of hydrogen-bond donors (Lipinski definition) is 2. The molecule has 0 aliphatic carbocycles. The van der Waals surface area contributed by atoms with Gasteiger partial charge >= 0.3 is 6.36 Å². The zero-order valence-corrected chi connectivity index (χ0v) is 15.2. The molecular weight excluding hydrogens is 415 g/mol. The summed E-state index contributed by atoms with van der Waals surface area (Å²) < 4.78 is 70.0. The molecule has 158 valence electrons. The van der Waals surface area contributed by atoms with Crippen LogP contribution in [0.15, 0.2) is 30.3 Å². The standard InChI is InChI=1S/C19H13F5N2O4/c1-8-11(6-14(25)27)15-13(7-12(20)17(28)16(15)21)26(8)18(29)9-2-4-10(5-3-9)30-19(22,23)24/h2-5,7,28H,6H2,1H3,(H2,25,27). The summed E-state index contributed by atoms with van der Waals surface area (Å²) in [6, 6.07) is 4.59. The van der Waals surface area contributed by atoms with Gasteiger partial charge in [-0.15, -0.1) is 13.2 Å². The summed E-state index contributed by atoms with van der Waals surface area (Å²) in [6.45, 7) is 1.35. The fourth-order valence-corrected chi connectivity index (χ4v) is 3.14. The highest BCUT2D eigenvalue weighted by Crippen LogP contribution is 2.35. The Morgan fingerprint density at radius 2 is 1.77 bits per heavy atom. The van der Waals surface area contributed by atoms with Crippen molar-refractivity contribution in [1.82, 2.24) is 4.57 Å². The van der Waals surface area contributed by atoms with Gasteiger partial charge in [-0.25, -0.2) is 8.78 Å². The first-order valence-corrected chi connectivity index (χ1v) is 8.30. The molecule has 0 saturated carbocycles. The molecule has 1 aromatic heterocycles. The van der Waals surface area contributed by atoms with Crippen LogP contribution in [-0.4, -0.2) is 27.9 Å². The summed E-state index contributed by atoms with van der Waals surface area (Å²) >= 11 is 0. The van der Waals surface area contributed by atoms with Crippen LogP contribution in [0.1, 0.15) is 21.6 Å². The predicted octanol–water partition coefficient (Wildman–Crippen LogP) is 3.55. The molecule has 3 rings (SSSR count). The topological polar surface area (TPSA) is 94.5 Å². The van der Waals surface area contributed by atoms with E-state index in [0.717, 1.165) is 28.8 Å². The molecule has 0 saturated heterocycles. The lowest BCUT2D eigenvalue weighted by Gasteiger charge is -2.10. The number of aromatic hydroxyl groups is 1. The number of halogens is 5. The first-order chi connectivity index (χ1) is 13.9. The maximum Gasteiger partial charge on any atom is 0.573 e. The van der Waals surface area contributed by atoms with Crippen LogP contribution in [0.25, 0.3) is 10.9 Å². The highest BCUT2D eigenvalue weighted by Gasteiger charge is 2.31. The summed E-state index contributed by atoms with van der Waals surface area (Å²) in [4.78, 5) is 24.4. The highest BCUT2D eigenvalue weighted by atomic mass is 19.4. The lowest BCUT2D eigenvalue weighted by atomic mass is 10.1. The van der Waals surface area contributed by atoms with E-state index in [2.05, 4.69) is 4.74 Å². The van der Waals surface area contributed by atoms with Gasteiger partial charge in [-0.05, 0) is 36.8 Å². The molecule has 1 heterocycles. The smallest absolute Gasteiger partial charge is 0.503 e. The molecule has 0 atom stereocenters. The normalized spacial score (nSPS) is 11.7. The SMILES string of the molecule is Cc1c(CC(N)=O)c2c(F)c(O)c(F)cc2n1C(=O)c1ccc(OC(F)(F)F)cc1. The third kappa shape index (κ3) is 3.78. The quantitative estimate of drug-likeness (QED) is 0.622. The average Bonchev–Trinajstić information content (AvgIpc) is 2.89. The van der Waals surface area contributed by atoms with E-state index in [4.69, 9.17) is 5.73 Å². The largest absolute Gasteiger partial charge is 0.573 e. The Bertz CT molecular complexity index is 1170. The lowest BCUT2D eigenvalue weighted by Crippen LogP contribution is -2.18. The van der Waals surface area contributed by atoms with Crippen LogP contribution in [0.4, 0.5) is 22.0 Å². The van der Waals surface area contributed by atoms with Gasteiger partial charge in [-0.2, -0.15) is 0 Å². The van der Waals surface area contributed by atoms with Gasteiger partial charge in [0.05, 0.1) is 11.9 Å². The van der Waals surface area contributed by atoms with Crippen LogP contribution in [0, 0.1) is 18.6 Å². The van der Waals surface area contributed by atoms with Crippen molar-refractivity contribution in [2.24, 2.45) is 5.73 Å². The second-order valence-corrected chi connectivity index (χ2v) is 6.33. The molecule has 2 aromatic carbocycles. The van der Waals surface area contributed by atoms with Crippen LogP contribution in [0.2, 0.25) is 0 Å². The Labute approximate surface area is 165 Å². The second kappa shape index (κ2) is 7.32. The van der Waals surface area contributed by atoms with E-state index in [1.807, 2.05) is 0 Å². The van der Waals surface area contributed by atoms with E-state index in [1.165, 1.54) is 6.92 Å². The van der Waals surface area contributed by atoms with Crippen molar-refractivity contribution in [1.29, 1.82) is 0 Å². The van der Waals surface area contributed by atoms with Crippen molar-refractivity contribution in [3.63, 3.8) is 0 Å². The van der Waals surface area contributed by atoms with Gasteiger partial charge in [-0.1, -0.05) is 0 Å². The number of carbonyl (C=O) groups excluding carboxylic acids is 2. The van der Waals surface area contributed by atoms with Gasteiger partial charge in [-0.3, -0.25) is 14.2 Å². The van der Waals surface area contributed by atoms with Crippen molar-refractivity contribution in [2.45, 2.75) is 19.7 Å². The minimum Gasteiger partial charge on any atom is -0.503 e. The third-order valence-electron chi connectivity index (χ3n) is 4.38. The summed E-state index contributed by atoms with van der Waals surface area (Å²) in [5, 5.41) is 9.21. The van der Waals surface area contributed by atoms with Crippen molar-refractivity contribution < 1.29 is 41.4 Å². The van der Waals surface area contributed by atoms with Gasteiger partial charge < -0.3 is 15.6 Å². The maximum absolute atomic E-state index is 14.5. The molecule has 3 aromatic rings. The first kappa shape index (κ1) is 21.1. The molecule has 0 spiro atoms. The Morgan fingerprint density at radius 1 is 1.17 bits per heavy atom. The zero-order valence-electron chi connectivity index (χ0n) is 15.2. The Hall–Kier alpha value is -3.63. The number of rotatable bonds is 4. The Kier molecular flexibility index (Phi) is 5.15. The van der Waals surface area contributed by atoms with E-state index in [1.54, 1.807) is 0 Å². The molecule has 0 unspecified atom stereocenters. The summed E-state index contributed by atoms with van der Waals surface area (Å²) in [5.41, 5.74) is 4.78. The molecule has 30 heavy (non-hydrogen) atoms. The molecule has 0 fully saturated rings. The lowest BCUT2D eigenvalue weighted by molar-refractivity contribution is -0.274. The molecule has 11 heteroatoms. The maximum atomic E-state index is 14.5. The third-order valence-corrected chi connectivity index (χ3v) is 4.38. The van der Waals surface area contributed by atoms with Crippen molar-refractivity contribution >= 4 is 22.7 Å². The van der Waals surface area contributed by atoms with E-state index < -0.39 is 47.7 Å². The van der Waals surface area contributed by atoms with Gasteiger partial charge in [0.1, 0.15) is 5.75 Å². The monoisotopic (exact) mass is 428 g/mol. The second-order valence-electron chi connectivity index (χ2n) is 6.33. The van der Waals surface area contributed by atoms with E-state index in [0.29, 0.717) is 6.07 Å². The number of primary amides is 1. The number of nitrogens with zero attached hydrogens (tertiary/aromatic N) is 1. The molecule has 0 radical (unpaired) electrons. The number of aromatic nitrogens is 1. The summed E-state index contributed by atoms with van der Waals surface area (Å²) in [7, 11) is 0. The number of phenolic OH excluding ortho intramolecular Hbond substituents is 1. The van der Waals surface area contributed by atoms with Crippen LogP contribution in [-0.2, 0) is 11.2 Å². The molecule has 0 bridgehead atoms. The van der Waals surface area contributed by atoms with Crippen molar-refractivity contribution in [2.75, 3.05) is 0 Å². The number of benzene rings is 2. The first-order valence-electron chi connectivity index (χ1n) is 8.30. The molecule has 1 amide bonds. The fourth-order valence-electron chi connectivity index (χ4n) is 3.14. The predicted molar refractivity (Wildman–Crippen MR) is 94.0 cm³/mol. The number of carbonyl (C=O) groups is 2. The van der Waals surface area contributed by atoms with Crippen LogP contribution >= 0.6 is 0 Å². The minimum absolute atomic E-state index is 0.0318. The van der Waals surface area contributed by atoms with Crippen molar-refractivity contribution in [3.05, 3.63) is 58.8 Å². The molecule has 0 aliphatic rings. The highest BCUT2D eigenvalue weighted by molar-refractivity contribution is 6.05. The van der Waals surface area contributed by atoms with Crippen molar-refractivity contribution in [3.8, 4) is 11.5 Å². The van der Waals surface area contributed by atoms with Crippen LogP contribution in [0.5, 0.6) is 11.5 Å². The molecule has 6 nitrogen and oxygen atoms in total. The number of phenols is 1. The van der Waals surface area contributed by atoms with E-state index >= 15 is 0 Å². The minimum atomic E-state index is -4.92. The van der Waals surface area contributed by atoms with E-state index in [-0.39, 0.29) is 27.7 Å². The zero-order chi connectivity index (χ0) is 22.4. The van der Waals surface area contributed by atoms with Gasteiger partial charge in [0.25, 0.3) is 5.91 Å². The van der Waals surface area contributed by atoms with Crippen LogP contribution < -0.4 is 10.5 Å². The number of nitrogens with two attached hydrogens (primary N) is 1. The Morgan fingerprint density at radius 3 is 2.30 bits per heavy atom. The molecule has 3 N–H and O–H groups in total.